The van der Waals surface area contributed by atoms with E-state index in [-0.39, 0.29) is 27.3 Å². The van der Waals surface area contributed by atoms with E-state index < -0.39 is 77.4 Å². The van der Waals surface area contributed by atoms with Crippen LogP contribution in [0.4, 0.5) is 39.8 Å². The van der Waals surface area contributed by atoms with Crippen LogP contribution in [0.1, 0.15) is 5.56 Å². The van der Waals surface area contributed by atoms with Gasteiger partial charge in [-0.15, -0.1) is 15.3 Å². The van der Waals surface area contributed by atoms with Crippen molar-refractivity contribution in [3.63, 3.8) is 0 Å². The molecule has 21 nitrogen and oxygen atoms in total. The second kappa shape index (κ2) is 16.4. The van der Waals surface area contributed by atoms with Crippen LogP contribution in [0.3, 0.4) is 0 Å². The molecule has 7 aromatic rings. The van der Waals surface area contributed by atoms with E-state index in [2.05, 4.69) is 20.5 Å². The number of benzene rings is 7. The van der Waals surface area contributed by atoms with Crippen molar-refractivity contribution in [3.05, 3.63) is 109 Å². The molecular formula is C37H28N8O13S4. The average Bonchev–Trinajstić information content (AvgIpc) is 3.19. The second-order valence-electron chi connectivity index (χ2n) is 12.9. The number of aromatic hydroxyl groups is 1. The normalized spacial score (nSPS) is 12.5. The lowest BCUT2D eigenvalue weighted by Crippen LogP contribution is -2.04. The molecule has 0 saturated carbocycles. The fourth-order valence-electron chi connectivity index (χ4n) is 6.00. The Kier molecular flexibility index (Phi) is 11.7. The molecule has 0 bridgehead atoms. The highest BCUT2D eigenvalue weighted by atomic mass is 32.2. The van der Waals surface area contributed by atoms with Gasteiger partial charge in [-0.05, 0) is 84.9 Å². The van der Waals surface area contributed by atoms with E-state index in [1.54, 1.807) is 36.4 Å². The smallest absolute Gasteiger partial charge is 0.296 e. The molecule has 0 spiro atoms. The summed E-state index contributed by atoms with van der Waals surface area (Å²) in [5, 5.41) is 36.0. The van der Waals surface area contributed by atoms with Gasteiger partial charge in [0.25, 0.3) is 40.5 Å². The average molecular weight is 921 g/mol. The minimum atomic E-state index is -5.17. The van der Waals surface area contributed by atoms with Crippen molar-refractivity contribution < 1.29 is 57.0 Å². The highest BCUT2D eigenvalue weighted by Crippen LogP contribution is 2.46. The predicted octanol–water partition coefficient (Wildman–Crippen LogP) is 6.97. The van der Waals surface area contributed by atoms with E-state index in [0.717, 1.165) is 24.3 Å². The van der Waals surface area contributed by atoms with Crippen LogP contribution in [-0.4, -0.2) is 57.0 Å². The first kappa shape index (κ1) is 44.4. The second-order valence-corrected chi connectivity index (χ2v) is 18.5. The summed E-state index contributed by atoms with van der Waals surface area (Å²) in [7, 11) is -19.0. The van der Waals surface area contributed by atoms with Crippen LogP contribution in [0.5, 0.6) is 5.75 Å². The van der Waals surface area contributed by atoms with Crippen LogP contribution in [0.25, 0.3) is 32.3 Å². The van der Waals surface area contributed by atoms with Crippen molar-refractivity contribution in [2.75, 3.05) is 17.2 Å². The number of anilines is 3. The number of fused-ring (bicyclic) bond motifs is 3. The van der Waals surface area contributed by atoms with E-state index in [0.29, 0.717) is 44.9 Å². The summed E-state index contributed by atoms with van der Waals surface area (Å²) in [6, 6.07) is 24.6. The number of nitrogen functional groups attached to an aromatic ring is 3. The summed E-state index contributed by atoms with van der Waals surface area (Å²) in [5.41, 5.74) is 18.5. The Morgan fingerprint density at radius 1 is 0.484 bits per heavy atom. The highest BCUT2D eigenvalue weighted by molar-refractivity contribution is 7.86. The minimum Gasteiger partial charge on any atom is -0.505 e. The summed E-state index contributed by atoms with van der Waals surface area (Å²) in [6.07, 6.45) is 0. The van der Waals surface area contributed by atoms with E-state index in [1.807, 2.05) is 6.07 Å². The number of azo groups is 2. The van der Waals surface area contributed by atoms with Crippen molar-refractivity contribution in [2.45, 2.75) is 19.6 Å². The van der Waals surface area contributed by atoms with Crippen molar-refractivity contribution in [1.82, 2.24) is 0 Å². The van der Waals surface area contributed by atoms with Gasteiger partial charge in [-0.3, -0.25) is 18.2 Å². The summed E-state index contributed by atoms with van der Waals surface area (Å²) in [4.78, 5) is -2.62. The van der Waals surface area contributed by atoms with Crippen LogP contribution in [0.2, 0.25) is 0 Å². The fraction of sp³-hybridized carbons (Fsp3) is 0. The Labute approximate surface area is 351 Å². The molecule has 25 heteroatoms. The molecule has 0 atom stereocenters. The van der Waals surface area contributed by atoms with Gasteiger partial charge < -0.3 is 22.3 Å². The van der Waals surface area contributed by atoms with Gasteiger partial charge in [-0.1, -0.05) is 18.2 Å². The van der Waals surface area contributed by atoms with Gasteiger partial charge in [0.2, 0.25) is 0 Å². The molecule has 0 fully saturated rings. The molecule has 0 aliphatic rings. The molecule has 0 unspecified atom stereocenters. The van der Waals surface area contributed by atoms with E-state index >= 15 is 0 Å². The summed E-state index contributed by atoms with van der Waals surface area (Å²) < 4.78 is 131. The molecule has 11 N–H and O–H groups in total. The van der Waals surface area contributed by atoms with Crippen LogP contribution in [0.15, 0.2) is 143 Å². The minimum absolute atomic E-state index is 0.0701. The molecule has 7 rings (SSSR count). The van der Waals surface area contributed by atoms with Gasteiger partial charge in [-0.25, -0.2) is 0 Å². The molecule has 0 amide bonds. The first-order chi connectivity index (χ1) is 28.9. The topological polar surface area (TPSA) is 389 Å². The molecule has 7 aromatic carbocycles. The molecular weight excluding hydrogens is 893 g/mol. The Hall–Kier alpha value is -7.15. The summed E-state index contributed by atoms with van der Waals surface area (Å²) in [5.74, 6) is -0.991. The fourth-order valence-corrected chi connectivity index (χ4v) is 8.34. The molecule has 0 radical (unpaired) electrons. The lowest BCUT2D eigenvalue weighted by Gasteiger charge is -2.13. The third-order valence-corrected chi connectivity index (χ3v) is 12.3. The number of hydrogen-bond acceptors (Lipinski definition) is 17. The van der Waals surface area contributed by atoms with Gasteiger partial charge in [0, 0.05) is 44.0 Å². The number of phenols is 1. The van der Waals surface area contributed by atoms with Gasteiger partial charge in [0.1, 0.15) is 15.5 Å². The molecule has 0 aliphatic heterocycles. The van der Waals surface area contributed by atoms with Crippen LogP contribution in [-0.2, 0) is 40.5 Å². The number of hydrogen-bond donors (Lipinski definition) is 8. The third kappa shape index (κ3) is 9.26. The number of nitriles is 1. The van der Waals surface area contributed by atoms with Crippen LogP contribution >= 0.6 is 0 Å². The SMILES string of the molecule is N#Cc1cccc(N=Nc2ccc(N)c3cc(S(=O)(=O)O)ccc23)c1.Nc1ccc(N=Nc2c(S(=O)(=O)O)cc3c(S(=O)(=O)O)ccc(N)c3c2O)c2cc(S(=O)(=O)O)ccc12. The van der Waals surface area contributed by atoms with Gasteiger partial charge in [0.15, 0.2) is 5.75 Å². The van der Waals surface area contributed by atoms with Crippen LogP contribution < -0.4 is 17.2 Å². The van der Waals surface area contributed by atoms with E-state index in [9.17, 15) is 57.0 Å². The van der Waals surface area contributed by atoms with Gasteiger partial charge in [-0.2, -0.15) is 44.0 Å². The van der Waals surface area contributed by atoms with Crippen molar-refractivity contribution in [2.24, 2.45) is 20.5 Å². The maximum atomic E-state index is 12.1. The number of phenolic OH excluding ortho intramolecular Hbond substituents is 1. The number of rotatable bonds is 8. The zero-order valence-corrected chi connectivity index (χ0v) is 34.2. The van der Waals surface area contributed by atoms with Gasteiger partial charge >= 0.3 is 0 Å². The Bertz CT molecular complexity index is 3600. The monoisotopic (exact) mass is 920 g/mol. The Morgan fingerprint density at radius 2 is 1.02 bits per heavy atom. The lowest BCUT2D eigenvalue weighted by atomic mass is 10.1. The Morgan fingerprint density at radius 3 is 1.60 bits per heavy atom. The van der Waals surface area contributed by atoms with Crippen molar-refractivity contribution in [3.8, 4) is 11.8 Å². The molecule has 0 aromatic heterocycles. The van der Waals surface area contributed by atoms with Crippen molar-refractivity contribution in [1.29, 1.82) is 5.26 Å². The first-order valence-corrected chi connectivity index (χ1v) is 22.6. The molecule has 0 aliphatic carbocycles. The molecule has 62 heavy (non-hydrogen) atoms. The van der Waals surface area contributed by atoms with E-state index in [1.165, 1.54) is 36.4 Å². The van der Waals surface area contributed by atoms with E-state index in [4.69, 9.17) is 22.5 Å². The largest absolute Gasteiger partial charge is 0.505 e. The Balaban J connectivity index is 0.000000223. The quantitative estimate of drug-likeness (QED) is 0.0433. The number of nitrogens with zero attached hydrogens (tertiary/aromatic N) is 5. The maximum absolute atomic E-state index is 12.1. The maximum Gasteiger partial charge on any atom is 0.296 e. The molecule has 0 saturated heterocycles. The van der Waals surface area contributed by atoms with Gasteiger partial charge in [0.05, 0.1) is 43.9 Å². The zero-order valence-electron chi connectivity index (χ0n) is 30.9. The molecule has 0 heterocycles. The highest BCUT2D eigenvalue weighted by Gasteiger charge is 2.27. The summed E-state index contributed by atoms with van der Waals surface area (Å²) in [6.45, 7) is 0. The van der Waals surface area contributed by atoms with Crippen LogP contribution in [0, 0.1) is 11.3 Å². The molecule has 318 valence electrons. The number of nitrogens with two attached hydrogens (primary N) is 3. The predicted molar refractivity (Wildman–Crippen MR) is 226 cm³/mol. The first-order valence-electron chi connectivity index (χ1n) is 16.8. The standard InChI is InChI=1S/C20H16N4O10S3.C17H12N4O3S/c21-13-3-5-15(11-7-9(35(26,27)28)1-2-10(11)13)23-24-19-17(37(32,33)34)8-12-16(36(29,30)31)6-4-14(22)18(12)20(19)25;18-10-11-2-1-3-12(8-11)20-21-17-7-6-16(19)15-9-13(25(22,23)24)4-5-14(15)17/h1-8,25H,21-22H2,(H,26,27,28)(H,29,30,31)(H,32,33,34);1-9H,19H2,(H,22,23,24). The zero-order chi connectivity index (χ0) is 45.5. The lowest BCUT2D eigenvalue weighted by molar-refractivity contribution is 0.471. The third-order valence-electron chi connectivity index (χ3n) is 8.86. The summed E-state index contributed by atoms with van der Waals surface area (Å²) >= 11 is 0. The van der Waals surface area contributed by atoms with Crippen molar-refractivity contribution >= 4 is 113 Å².